The lowest BCUT2D eigenvalue weighted by molar-refractivity contribution is 0.127. The van der Waals surface area contributed by atoms with Crippen molar-refractivity contribution in [3.05, 3.63) is 0 Å². The van der Waals surface area contributed by atoms with Crippen LogP contribution in [0.2, 0.25) is 0 Å². The molecule has 0 amide bonds. The summed E-state index contributed by atoms with van der Waals surface area (Å²) in [5.74, 6) is 1.73. The van der Waals surface area contributed by atoms with Gasteiger partial charge in [0.15, 0.2) is 0 Å². The molecule has 1 rings (SSSR count). The van der Waals surface area contributed by atoms with Gasteiger partial charge in [0.25, 0.3) is 0 Å². The SMILES string of the molecule is CCCNC(CO)CN1CCC(C(C)C)CC1. The zero-order valence-corrected chi connectivity index (χ0v) is 11.8. The molecule has 3 nitrogen and oxygen atoms in total. The molecule has 0 aromatic heterocycles. The van der Waals surface area contributed by atoms with Gasteiger partial charge in [0.1, 0.15) is 0 Å². The van der Waals surface area contributed by atoms with Gasteiger partial charge in [0.2, 0.25) is 0 Å². The van der Waals surface area contributed by atoms with Crippen molar-refractivity contribution in [2.24, 2.45) is 11.8 Å². The fourth-order valence-electron chi connectivity index (χ4n) is 2.65. The second kappa shape index (κ2) is 8.06. The lowest BCUT2D eigenvalue weighted by Gasteiger charge is -2.35. The third-order valence-electron chi connectivity index (χ3n) is 3.96. The van der Waals surface area contributed by atoms with Crippen LogP contribution in [0.25, 0.3) is 0 Å². The molecule has 0 bridgehead atoms. The van der Waals surface area contributed by atoms with E-state index in [1.54, 1.807) is 0 Å². The van der Waals surface area contributed by atoms with E-state index in [1.165, 1.54) is 25.9 Å². The molecule has 0 aromatic carbocycles. The van der Waals surface area contributed by atoms with Crippen LogP contribution in [-0.2, 0) is 0 Å². The molecule has 102 valence electrons. The number of likely N-dealkylation sites (tertiary alicyclic amines) is 1. The Hall–Kier alpha value is -0.120. The van der Waals surface area contributed by atoms with E-state index in [0.29, 0.717) is 0 Å². The van der Waals surface area contributed by atoms with Gasteiger partial charge < -0.3 is 15.3 Å². The maximum absolute atomic E-state index is 9.33. The second-order valence-electron chi connectivity index (χ2n) is 5.72. The topological polar surface area (TPSA) is 35.5 Å². The molecule has 17 heavy (non-hydrogen) atoms. The quantitative estimate of drug-likeness (QED) is 0.713. The van der Waals surface area contributed by atoms with Gasteiger partial charge in [-0.2, -0.15) is 0 Å². The third-order valence-corrected chi connectivity index (χ3v) is 3.96. The summed E-state index contributed by atoms with van der Waals surface area (Å²) in [6.45, 7) is 11.5. The monoisotopic (exact) mass is 242 g/mol. The number of nitrogens with one attached hydrogen (secondary N) is 1. The number of rotatable bonds is 7. The zero-order chi connectivity index (χ0) is 12.7. The summed E-state index contributed by atoms with van der Waals surface area (Å²) in [6, 6.07) is 0.255. The number of hydrogen-bond acceptors (Lipinski definition) is 3. The first-order chi connectivity index (χ1) is 8.17. The summed E-state index contributed by atoms with van der Waals surface area (Å²) in [5.41, 5.74) is 0. The summed E-state index contributed by atoms with van der Waals surface area (Å²) in [4.78, 5) is 2.50. The number of hydrogen-bond donors (Lipinski definition) is 2. The van der Waals surface area contributed by atoms with Gasteiger partial charge in [-0.05, 0) is 50.7 Å². The Morgan fingerprint density at radius 2 is 1.94 bits per heavy atom. The van der Waals surface area contributed by atoms with Crippen molar-refractivity contribution in [3.63, 3.8) is 0 Å². The van der Waals surface area contributed by atoms with E-state index in [0.717, 1.165) is 31.3 Å². The predicted octanol–water partition coefficient (Wildman–Crippen LogP) is 1.71. The van der Waals surface area contributed by atoms with Gasteiger partial charge in [-0.25, -0.2) is 0 Å². The Balaban J connectivity index is 2.23. The molecule has 0 aliphatic carbocycles. The van der Waals surface area contributed by atoms with Crippen molar-refractivity contribution >= 4 is 0 Å². The Morgan fingerprint density at radius 3 is 2.41 bits per heavy atom. The second-order valence-corrected chi connectivity index (χ2v) is 5.72. The molecule has 1 atom stereocenters. The molecule has 0 spiro atoms. The molecule has 1 unspecified atom stereocenters. The van der Waals surface area contributed by atoms with Gasteiger partial charge >= 0.3 is 0 Å². The van der Waals surface area contributed by atoms with Gasteiger partial charge in [-0.1, -0.05) is 20.8 Å². The highest BCUT2D eigenvalue weighted by molar-refractivity contribution is 4.78. The van der Waals surface area contributed by atoms with E-state index in [1.807, 2.05) is 0 Å². The van der Waals surface area contributed by atoms with Crippen molar-refractivity contribution in [3.8, 4) is 0 Å². The smallest absolute Gasteiger partial charge is 0.0597 e. The van der Waals surface area contributed by atoms with E-state index >= 15 is 0 Å². The van der Waals surface area contributed by atoms with Crippen molar-refractivity contribution < 1.29 is 5.11 Å². The molecule has 1 aliphatic heterocycles. The molecule has 0 saturated carbocycles. The van der Waals surface area contributed by atoms with Crippen LogP contribution in [0.3, 0.4) is 0 Å². The van der Waals surface area contributed by atoms with Crippen LogP contribution in [0, 0.1) is 11.8 Å². The lowest BCUT2D eigenvalue weighted by Crippen LogP contribution is -2.46. The van der Waals surface area contributed by atoms with Gasteiger partial charge in [-0.15, -0.1) is 0 Å². The zero-order valence-electron chi connectivity index (χ0n) is 11.8. The molecule has 0 radical (unpaired) electrons. The van der Waals surface area contributed by atoms with E-state index < -0.39 is 0 Å². The molecule has 1 saturated heterocycles. The van der Waals surface area contributed by atoms with Crippen LogP contribution in [0.5, 0.6) is 0 Å². The maximum Gasteiger partial charge on any atom is 0.0597 e. The van der Waals surface area contributed by atoms with Crippen LogP contribution in [0.4, 0.5) is 0 Å². The highest BCUT2D eigenvalue weighted by atomic mass is 16.3. The van der Waals surface area contributed by atoms with Gasteiger partial charge in [-0.3, -0.25) is 0 Å². The first-order valence-corrected chi connectivity index (χ1v) is 7.24. The molecular weight excluding hydrogens is 212 g/mol. The normalized spacial score (nSPS) is 21.0. The first kappa shape index (κ1) is 14.9. The van der Waals surface area contributed by atoms with E-state index in [2.05, 4.69) is 31.0 Å². The van der Waals surface area contributed by atoms with Crippen LogP contribution in [0.15, 0.2) is 0 Å². The molecular formula is C14H30N2O. The minimum absolute atomic E-state index is 0.254. The summed E-state index contributed by atoms with van der Waals surface area (Å²) < 4.78 is 0. The predicted molar refractivity (Wildman–Crippen MR) is 73.2 cm³/mol. The molecule has 0 aromatic rings. The Morgan fingerprint density at radius 1 is 1.29 bits per heavy atom. The maximum atomic E-state index is 9.33. The molecule has 1 aliphatic rings. The van der Waals surface area contributed by atoms with Crippen LogP contribution >= 0.6 is 0 Å². The summed E-state index contributed by atoms with van der Waals surface area (Å²) >= 11 is 0. The van der Waals surface area contributed by atoms with E-state index in [4.69, 9.17) is 0 Å². The fraction of sp³-hybridized carbons (Fsp3) is 1.00. The molecule has 1 fully saturated rings. The Labute approximate surface area is 107 Å². The van der Waals surface area contributed by atoms with Crippen molar-refractivity contribution in [1.82, 2.24) is 10.2 Å². The lowest BCUT2D eigenvalue weighted by atomic mass is 9.86. The number of aliphatic hydroxyl groups is 1. The fourth-order valence-corrected chi connectivity index (χ4v) is 2.65. The standard InChI is InChI=1S/C14H30N2O/c1-4-7-15-14(11-17)10-16-8-5-13(6-9-16)12(2)3/h12-15,17H,4-11H2,1-3H3. The van der Waals surface area contributed by atoms with Gasteiger partial charge in [0.05, 0.1) is 6.61 Å². The Kier molecular flexibility index (Phi) is 7.09. The van der Waals surface area contributed by atoms with Crippen molar-refractivity contribution in [2.75, 3.05) is 32.8 Å². The summed E-state index contributed by atoms with van der Waals surface area (Å²) in [5, 5.41) is 12.7. The van der Waals surface area contributed by atoms with E-state index in [-0.39, 0.29) is 12.6 Å². The first-order valence-electron chi connectivity index (χ1n) is 7.24. The van der Waals surface area contributed by atoms with Crippen LogP contribution in [-0.4, -0.2) is 48.8 Å². The largest absolute Gasteiger partial charge is 0.395 e. The average Bonchev–Trinajstić information content (AvgIpc) is 2.35. The van der Waals surface area contributed by atoms with Crippen LogP contribution in [0.1, 0.15) is 40.0 Å². The highest BCUT2D eigenvalue weighted by Gasteiger charge is 2.22. The Bertz CT molecular complexity index is 189. The number of piperidine rings is 1. The van der Waals surface area contributed by atoms with Crippen molar-refractivity contribution in [2.45, 2.75) is 46.1 Å². The summed E-state index contributed by atoms with van der Waals surface area (Å²) in [7, 11) is 0. The average molecular weight is 242 g/mol. The summed E-state index contributed by atoms with van der Waals surface area (Å²) in [6.07, 6.45) is 3.78. The van der Waals surface area contributed by atoms with E-state index in [9.17, 15) is 5.11 Å². The molecule has 1 heterocycles. The minimum Gasteiger partial charge on any atom is -0.395 e. The van der Waals surface area contributed by atoms with Gasteiger partial charge in [0, 0.05) is 12.6 Å². The molecule has 2 N–H and O–H groups in total. The third kappa shape index (κ3) is 5.36. The minimum atomic E-state index is 0.254. The highest BCUT2D eigenvalue weighted by Crippen LogP contribution is 2.24. The van der Waals surface area contributed by atoms with Crippen LogP contribution < -0.4 is 5.32 Å². The number of aliphatic hydroxyl groups excluding tert-OH is 1. The van der Waals surface area contributed by atoms with Crippen molar-refractivity contribution in [1.29, 1.82) is 0 Å². The molecule has 3 heteroatoms. The number of nitrogens with zero attached hydrogens (tertiary/aromatic N) is 1.